The smallest absolute Gasteiger partial charge is 0.291 e. The Bertz CT molecular complexity index is 800. The molecule has 2 aromatic rings. The molecule has 1 saturated heterocycles. The highest BCUT2D eigenvalue weighted by Gasteiger charge is 2.38. The molecule has 1 aliphatic heterocycles. The fourth-order valence-corrected chi connectivity index (χ4v) is 4.56. The normalized spacial score (nSPS) is 19.6. The monoisotopic (exact) mass is 366 g/mol. The number of hydrogen-bond acceptors (Lipinski definition) is 3. The number of H-pyrrole nitrogens is 1. The lowest BCUT2D eigenvalue weighted by atomic mass is 9.77. The third kappa shape index (κ3) is 3.64. The van der Waals surface area contributed by atoms with Crippen molar-refractivity contribution in [2.45, 2.75) is 64.7 Å². The third-order valence-electron chi connectivity index (χ3n) is 6.47. The van der Waals surface area contributed by atoms with Crippen LogP contribution >= 0.6 is 0 Å². The summed E-state index contributed by atoms with van der Waals surface area (Å²) in [5.41, 5.74) is 2.83. The molecule has 2 aliphatic rings. The zero-order valence-corrected chi connectivity index (χ0v) is 16.7. The van der Waals surface area contributed by atoms with Gasteiger partial charge in [0.25, 0.3) is 5.91 Å². The molecule has 27 heavy (non-hydrogen) atoms. The van der Waals surface area contributed by atoms with E-state index in [-0.39, 0.29) is 11.3 Å². The summed E-state index contributed by atoms with van der Waals surface area (Å²) < 4.78 is 0. The van der Waals surface area contributed by atoms with Crippen LogP contribution < -0.4 is 0 Å². The predicted octanol–water partition coefficient (Wildman–Crippen LogP) is 4.57. The summed E-state index contributed by atoms with van der Waals surface area (Å²) in [5.74, 6) is 0.920. The summed E-state index contributed by atoms with van der Waals surface area (Å²) in [6.45, 7) is 8.27. The lowest BCUT2D eigenvalue weighted by Gasteiger charge is -2.39. The Morgan fingerprint density at radius 3 is 2.26 bits per heavy atom. The van der Waals surface area contributed by atoms with Crippen LogP contribution in [0.4, 0.5) is 0 Å². The quantitative estimate of drug-likeness (QED) is 0.847. The molecular weight excluding hydrogens is 336 g/mol. The van der Waals surface area contributed by atoms with Gasteiger partial charge in [-0.1, -0.05) is 57.9 Å². The minimum atomic E-state index is -0.0205. The molecule has 2 fully saturated rings. The standard InChI is InChI=1S/C22H30N4O/c1-21(2,3)17-8-6-16(7-9-17)18-23-19(25-24-18)20(27)26-14-12-22(13-15-26)10-4-5-11-22/h6-9H,4-5,10-15H2,1-3H3,(H,23,24,25). The van der Waals surface area contributed by atoms with Gasteiger partial charge in [0.05, 0.1) is 0 Å². The predicted molar refractivity (Wildman–Crippen MR) is 107 cm³/mol. The fourth-order valence-electron chi connectivity index (χ4n) is 4.56. The molecule has 0 atom stereocenters. The number of carbonyl (C=O) groups excluding carboxylic acids is 1. The van der Waals surface area contributed by atoms with Crippen molar-refractivity contribution in [1.82, 2.24) is 20.1 Å². The molecule has 2 heterocycles. The van der Waals surface area contributed by atoms with Crippen molar-refractivity contribution >= 4 is 5.91 Å². The van der Waals surface area contributed by atoms with Crippen molar-refractivity contribution < 1.29 is 4.79 Å². The van der Waals surface area contributed by atoms with Gasteiger partial charge in [0, 0.05) is 18.7 Å². The second kappa shape index (κ2) is 6.77. The van der Waals surface area contributed by atoms with Crippen LogP contribution in [0.5, 0.6) is 0 Å². The number of aromatic amines is 1. The van der Waals surface area contributed by atoms with Gasteiger partial charge in [0.2, 0.25) is 5.82 Å². The fraction of sp³-hybridized carbons (Fsp3) is 0.591. The van der Waals surface area contributed by atoms with E-state index >= 15 is 0 Å². The third-order valence-corrected chi connectivity index (χ3v) is 6.47. The van der Waals surface area contributed by atoms with Crippen molar-refractivity contribution in [3.63, 3.8) is 0 Å². The molecule has 5 nitrogen and oxygen atoms in total. The van der Waals surface area contributed by atoms with Crippen LogP contribution in [0.2, 0.25) is 0 Å². The van der Waals surface area contributed by atoms with Gasteiger partial charge in [0.1, 0.15) is 0 Å². The number of carbonyl (C=O) groups is 1. The summed E-state index contributed by atoms with van der Waals surface area (Å²) in [4.78, 5) is 19.2. The van der Waals surface area contributed by atoms with E-state index in [0.717, 1.165) is 31.5 Å². The van der Waals surface area contributed by atoms with Gasteiger partial charge in [-0.25, -0.2) is 4.98 Å². The highest BCUT2D eigenvalue weighted by atomic mass is 16.2. The molecule has 5 heteroatoms. The van der Waals surface area contributed by atoms with E-state index in [2.05, 4.69) is 48.1 Å². The maximum atomic E-state index is 12.8. The van der Waals surface area contributed by atoms with Crippen LogP contribution in [0.15, 0.2) is 24.3 Å². The van der Waals surface area contributed by atoms with Gasteiger partial charge in [-0.3, -0.25) is 9.89 Å². The van der Waals surface area contributed by atoms with Gasteiger partial charge in [-0.15, -0.1) is 0 Å². The van der Waals surface area contributed by atoms with Crippen molar-refractivity contribution in [2.24, 2.45) is 5.41 Å². The maximum Gasteiger partial charge on any atom is 0.291 e. The van der Waals surface area contributed by atoms with Crippen molar-refractivity contribution in [3.05, 3.63) is 35.7 Å². The molecule has 1 aromatic heterocycles. The first-order valence-electron chi connectivity index (χ1n) is 10.2. The number of rotatable bonds is 2. The number of nitrogens with zero attached hydrogens (tertiary/aromatic N) is 3. The van der Waals surface area contributed by atoms with Crippen molar-refractivity contribution in [2.75, 3.05) is 13.1 Å². The summed E-state index contributed by atoms with van der Waals surface area (Å²) in [6, 6.07) is 8.28. The molecule has 4 rings (SSSR count). The van der Waals surface area contributed by atoms with E-state index in [1.54, 1.807) is 0 Å². The topological polar surface area (TPSA) is 61.9 Å². The van der Waals surface area contributed by atoms with E-state index in [1.165, 1.54) is 31.2 Å². The van der Waals surface area contributed by atoms with E-state index in [0.29, 0.717) is 17.1 Å². The average Bonchev–Trinajstić information content (AvgIpc) is 3.31. The highest BCUT2D eigenvalue weighted by Crippen LogP contribution is 2.46. The second-order valence-corrected chi connectivity index (χ2v) is 9.33. The molecule has 1 aliphatic carbocycles. The number of aromatic nitrogens is 3. The molecule has 0 radical (unpaired) electrons. The molecule has 1 spiro atoms. The number of likely N-dealkylation sites (tertiary alicyclic amines) is 1. The van der Waals surface area contributed by atoms with Crippen LogP contribution in [0, 0.1) is 5.41 Å². The summed E-state index contributed by atoms with van der Waals surface area (Å²) >= 11 is 0. The van der Waals surface area contributed by atoms with Gasteiger partial charge in [0.15, 0.2) is 5.82 Å². The van der Waals surface area contributed by atoms with Crippen LogP contribution in [-0.2, 0) is 5.41 Å². The first kappa shape index (κ1) is 18.2. The first-order chi connectivity index (χ1) is 12.9. The Balaban J connectivity index is 1.44. The Kier molecular flexibility index (Phi) is 4.57. The molecule has 0 bridgehead atoms. The van der Waals surface area contributed by atoms with Crippen LogP contribution in [0.3, 0.4) is 0 Å². The number of hydrogen-bond donors (Lipinski definition) is 1. The molecule has 1 N–H and O–H groups in total. The van der Waals surface area contributed by atoms with Crippen molar-refractivity contribution in [1.29, 1.82) is 0 Å². The lowest BCUT2D eigenvalue weighted by molar-refractivity contribution is 0.0576. The summed E-state index contributed by atoms with van der Waals surface area (Å²) in [7, 11) is 0. The van der Waals surface area contributed by atoms with Gasteiger partial charge in [-0.2, -0.15) is 5.10 Å². The second-order valence-electron chi connectivity index (χ2n) is 9.33. The number of nitrogens with one attached hydrogen (secondary N) is 1. The van der Waals surface area contributed by atoms with Crippen molar-refractivity contribution in [3.8, 4) is 11.4 Å². The van der Waals surface area contributed by atoms with E-state index in [9.17, 15) is 4.79 Å². The molecular formula is C22H30N4O. The molecule has 0 unspecified atom stereocenters. The first-order valence-corrected chi connectivity index (χ1v) is 10.2. The van der Waals surface area contributed by atoms with Crippen LogP contribution in [0.1, 0.15) is 75.5 Å². The Labute approximate surface area is 161 Å². The van der Waals surface area contributed by atoms with E-state index in [4.69, 9.17) is 0 Å². The largest absolute Gasteiger partial charge is 0.336 e. The summed E-state index contributed by atoms with van der Waals surface area (Å²) in [5, 5.41) is 7.14. The van der Waals surface area contributed by atoms with Crippen LogP contribution in [0.25, 0.3) is 11.4 Å². The van der Waals surface area contributed by atoms with E-state index in [1.807, 2.05) is 17.0 Å². The average molecular weight is 367 g/mol. The molecule has 1 saturated carbocycles. The highest BCUT2D eigenvalue weighted by molar-refractivity contribution is 5.91. The van der Waals surface area contributed by atoms with Gasteiger partial charge >= 0.3 is 0 Å². The summed E-state index contributed by atoms with van der Waals surface area (Å²) in [6.07, 6.45) is 7.65. The molecule has 1 amide bonds. The Hall–Kier alpha value is -2.17. The van der Waals surface area contributed by atoms with Gasteiger partial charge < -0.3 is 4.90 Å². The Morgan fingerprint density at radius 2 is 1.67 bits per heavy atom. The minimum absolute atomic E-state index is 0.0205. The van der Waals surface area contributed by atoms with Gasteiger partial charge in [-0.05, 0) is 42.1 Å². The molecule has 144 valence electrons. The van der Waals surface area contributed by atoms with Crippen LogP contribution in [-0.4, -0.2) is 39.1 Å². The molecule has 1 aromatic carbocycles. The SMILES string of the molecule is CC(C)(C)c1ccc(-c2n[nH]c(C(=O)N3CCC4(CCCC4)CC3)n2)cc1. The minimum Gasteiger partial charge on any atom is -0.336 e. The zero-order chi connectivity index (χ0) is 19.1. The Morgan fingerprint density at radius 1 is 1.04 bits per heavy atom. The number of amides is 1. The lowest BCUT2D eigenvalue weighted by Crippen LogP contribution is -2.42. The van der Waals surface area contributed by atoms with E-state index < -0.39 is 0 Å². The number of piperidine rings is 1. The number of benzene rings is 1. The maximum absolute atomic E-state index is 12.8. The zero-order valence-electron chi connectivity index (χ0n) is 16.7.